The highest BCUT2D eigenvalue weighted by Crippen LogP contribution is 2.41. The lowest BCUT2D eigenvalue weighted by Gasteiger charge is -2.29. The molecule has 0 saturated heterocycles. The number of hydrogen-bond acceptors (Lipinski definition) is 2. The van der Waals surface area contributed by atoms with Gasteiger partial charge in [-0.15, -0.1) is 0 Å². The molecule has 0 aliphatic carbocycles. The maximum absolute atomic E-state index is 12.3. The van der Waals surface area contributed by atoms with Crippen LogP contribution in [0.15, 0.2) is 59.0 Å². The predicted octanol–water partition coefficient (Wildman–Crippen LogP) is 3.68. The number of furan rings is 1. The van der Waals surface area contributed by atoms with E-state index in [1.165, 1.54) is 0 Å². The zero-order valence-electron chi connectivity index (χ0n) is 11.5. The fourth-order valence-electron chi connectivity index (χ4n) is 2.86. The Morgan fingerprint density at radius 2 is 1.76 bits per heavy atom. The number of urea groups is 1. The summed E-state index contributed by atoms with van der Waals surface area (Å²) in [5.74, 6) is 0.782. The number of anilines is 1. The Kier molecular flexibility index (Phi) is 2.51. The van der Waals surface area contributed by atoms with E-state index < -0.39 is 0 Å². The first-order valence-electron chi connectivity index (χ1n) is 6.86. The van der Waals surface area contributed by atoms with Crippen molar-refractivity contribution < 1.29 is 9.21 Å². The molecule has 1 N–H and O–H groups in total. The molecule has 0 saturated carbocycles. The van der Waals surface area contributed by atoms with Crippen LogP contribution in [0.4, 0.5) is 10.5 Å². The van der Waals surface area contributed by atoms with Gasteiger partial charge < -0.3 is 9.73 Å². The summed E-state index contributed by atoms with van der Waals surface area (Å²) in [6.07, 6.45) is 0. The van der Waals surface area contributed by atoms with Crippen LogP contribution in [0.1, 0.15) is 17.4 Å². The van der Waals surface area contributed by atoms with Crippen molar-refractivity contribution in [1.29, 1.82) is 0 Å². The van der Waals surface area contributed by atoms with Gasteiger partial charge in [-0.25, -0.2) is 4.79 Å². The molecule has 0 bridgehead atoms. The lowest BCUT2D eigenvalue weighted by molar-refractivity contribution is 0.242. The van der Waals surface area contributed by atoms with E-state index in [0.717, 1.165) is 28.0 Å². The SMILES string of the molecule is CN1C(=O)NC(c2ccccc2)c2oc3ccccc3c21. The number of benzene rings is 2. The van der Waals surface area contributed by atoms with Crippen LogP contribution in [0.5, 0.6) is 0 Å². The van der Waals surface area contributed by atoms with E-state index in [0.29, 0.717) is 0 Å². The van der Waals surface area contributed by atoms with Gasteiger partial charge in [-0.3, -0.25) is 4.90 Å². The Morgan fingerprint density at radius 1 is 1.05 bits per heavy atom. The first kappa shape index (κ1) is 12.0. The fourth-order valence-corrected chi connectivity index (χ4v) is 2.86. The second-order valence-corrected chi connectivity index (χ2v) is 5.16. The number of hydrogen-bond donors (Lipinski definition) is 1. The molecule has 0 radical (unpaired) electrons. The molecular formula is C17H14N2O2. The van der Waals surface area contributed by atoms with Gasteiger partial charge in [0.15, 0.2) is 5.76 Å². The summed E-state index contributed by atoms with van der Waals surface area (Å²) in [5, 5.41) is 3.96. The standard InChI is InChI=1S/C17H14N2O2/c1-19-15-12-9-5-6-10-13(12)21-16(15)14(18-17(19)20)11-7-3-2-4-8-11/h2-10,14H,1H3,(H,18,20). The molecular weight excluding hydrogens is 264 g/mol. The molecule has 2 heterocycles. The number of para-hydroxylation sites is 1. The predicted molar refractivity (Wildman–Crippen MR) is 81.4 cm³/mol. The number of nitrogens with one attached hydrogen (secondary N) is 1. The van der Waals surface area contributed by atoms with Crippen LogP contribution in [0, 0.1) is 0 Å². The van der Waals surface area contributed by atoms with Crippen molar-refractivity contribution >= 4 is 22.7 Å². The van der Waals surface area contributed by atoms with Gasteiger partial charge in [0, 0.05) is 12.4 Å². The summed E-state index contributed by atoms with van der Waals surface area (Å²) in [6, 6.07) is 17.3. The molecule has 1 atom stereocenters. The molecule has 4 heteroatoms. The van der Waals surface area contributed by atoms with Crippen LogP contribution < -0.4 is 10.2 Å². The van der Waals surface area contributed by atoms with Crippen LogP contribution >= 0.6 is 0 Å². The van der Waals surface area contributed by atoms with Crippen molar-refractivity contribution in [2.24, 2.45) is 0 Å². The molecule has 2 aromatic carbocycles. The molecule has 4 rings (SSSR count). The number of rotatable bonds is 1. The monoisotopic (exact) mass is 278 g/mol. The highest BCUT2D eigenvalue weighted by molar-refractivity contribution is 6.05. The molecule has 3 aromatic rings. The van der Waals surface area contributed by atoms with Gasteiger partial charge in [-0.2, -0.15) is 0 Å². The van der Waals surface area contributed by atoms with E-state index in [1.54, 1.807) is 11.9 Å². The molecule has 0 spiro atoms. The van der Waals surface area contributed by atoms with Gasteiger partial charge in [-0.05, 0) is 17.7 Å². The average molecular weight is 278 g/mol. The molecule has 0 fully saturated rings. The summed E-state index contributed by atoms with van der Waals surface area (Å²) >= 11 is 0. The number of carbonyl (C=O) groups is 1. The summed E-state index contributed by atoms with van der Waals surface area (Å²) < 4.78 is 6.02. The Bertz CT molecular complexity index is 823. The number of nitrogens with zero attached hydrogens (tertiary/aromatic N) is 1. The molecule has 2 amide bonds. The van der Waals surface area contributed by atoms with E-state index in [2.05, 4.69) is 5.32 Å². The number of fused-ring (bicyclic) bond motifs is 3. The zero-order chi connectivity index (χ0) is 14.4. The zero-order valence-corrected chi connectivity index (χ0v) is 11.5. The smallest absolute Gasteiger partial charge is 0.322 e. The highest BCUT2D eigenvalue weighted by atomic mass is 16.3. The third-order valence-corrected chi connectivity index (χ3v) is 3.90. The van der Waals surface area contributed by atoms with Crippen molar-refractivity contribution in [1.82, 2.24) is 5.32 Å². The van der Waals surface area contributed by atoms with Gasteiger partial charge in [0.25, 0.3) is 0 Å². The van der Waals surface area contributed by atoms with Gasteiger partial charge in [0.1, 0.15) is 11.6 Å². The topological polar surface area (TPSA) is 45.5 Å². The van der Waals surface area contributed by atoms with Crippen molar-refractivity contribution in [2.75, 3.05) is 11.9 Å². The minimum atomic E-state index is -0.253. The first-order valence-corrected chi connectivity index (χ1v) is 6.86. The second kappa shape index (κ2) is 4.38. The summed E-state index contributed by atoms with van der Waals surface area (Å²) in [4.78, 5) is 13.9. The second-order valence-electron chi connectivity index (χ2n) is 5.16. The van der Waals surface area contributed by atoms with Crippen LogP contribution in [0.2, 0.25) is 0 Å². The van der Waals surface area contributed by atoms with Crippen molar-refractivity contribution in [3.63, 3.8) is 0 Å². The normalized spacial score (nSPS) is 17.7. The number of carbonyl (C=O) groups excluding carboxylic acids is 1. The molecule has 1 unspecified atom stereocenters. The summed E-state index contributed by atoms with van der Waals surface area (Å²) in [6.45, 7) is 0. The maximum Gasteiger partial charge on any atom is 0.322 e. The maximum atomic E-state index is 12.3. The minimum Gasteiger partial charge on any atom is -0.456 e. The van der Waals surface area contributed by atoms with E-state index in [1.807, 2.05) is 54.6 Å². The van der Waals surface area contributed by atoms with Gasteiger partial charge in [0.2, 0.25) is 0 Å². The van der Waals surface area contributed by atoms with Crippen LogP contribution in [-0.4, -0.2) is 13.1 Å². The third kappa shape index (κ3) is 1.72. The van der Waals surface area contributed by atoms with E-state index in [9.17, 15) is 4.79 Å². The highest BCUT2D eigenvalue weighted by Gasteiger charge is 2.34. The lowest BCUT2D eigenvalue weighted by Crippen LogP contribution is -2.44. The van der Waals surface area contributed by atoms with Gasteiger partial charge in [-0.1, -0.05) is 42.5 Å². The minimum absolute atomic E-state index is 0.122. The van der Waals surface area contributed by atoms with Gasteiger partial charge in [0.05, 0.1) is 5.69 Å². The molecule has 1 aromatic heterocycles. The Morgan fingerprint density at radius 3 is 2.57 bits per heavy atom. The summed E-state index contributed by atoms with van der Waals surface area (Å²) in [7, 11) is 1.76. The summed E-state index contributed by atoms with van der Waals surface area (Å²) in [5.41, 5.74) is 2.66. The Hall–Kier alpha value is -2.75. The molecule has 1 aliphatic heterocycles. The largest absolute Gasteiger partial charge is 0.456 e. The fraction of sp³-hybridized carbons (Fsp3) is 0.118. The van der Waals surface area contributed by atoms with Crippen molar-refractivity contribution in [3.05, 3.63) is 65.9 Å². The van der Waals surface area contributed by atoms with Gasteiger partial charge >= 0.3 is 6.03 Å². The quantitative estimate of drug-likeness (QED) is 0.738. The lowest BCUT2D eigenvalue weighted by atomic mass is 10.0. The van der Waals surface area contributed by atoms with E-state index in [-0.39, 0.29) is 12.1 Å². The van der Waals surface area contributed by atoms with Crippen LogP contribution in [-0.2, 0) is 0 Å². The van der Waals surface area contributed by atoms with Crippen molar-refractivity contribution in [3.8, 4) is 0 Å². The average Bonchev–Trinajstić information content (AvgIpc) is 2.91. The molecule has 21 heavy (non-hydrogen) atoms. The molecule has 1 aliphatic rings. The first-order chi connectivity index (χ1) is 10.3. The van der Waals surface area contributed by atoms with E-state index >= 15 is 0 Å². The molecule has 4 nitrogen and oxygen atoms in total. The third-order valence-electron chi connectivity index (χ3n) is 3.90. The number of amides is 2. The van der Waals surface area contributed by atoms with Crippen molar-refractivity contribution in [2.45, 2.75) is 6.04 Å². The van der Waals surface area contributed by atoms with E-state index in [4.69, 9.17) is 4.42 Å². The molecule has 104 valence electrons. The Labute approximate surface area is 122 Å². The van der Waals surface area contributed by atoms with Crippen LogP contribution in [0.25, 0.3) is 11.0 Å². The Balaban J connectivity index is 1.98. The van der Waals surface area contributed by atoms with Crippen LogP contribution in [0.3, 0.4) is 0 Å².